The van der Waals surface area contributed by atoms with E-state index in [-0.39, 0.29) is 17.2 Å². The minimum absolute atomic E-state index is 0.0852. The molecule has 1 amide bonds. The Morgan fingerprint density at radius 3 is 2.43 bits per heavy atom. The van der Waals surface area contributed by atoms with Crippen LogP contribution >= 0.6 is 0 Å². The summed E-state index contributed by atoms with van der Waals surface area (Å²) in [4.78, 5) is 27.7. The molecule has 6 nitrogen and oxygen atoms in total. The van der Waals surface area contributed by atoms with Crippen molar-refractivity contribution in [2.75, 3.05) is 7.05 Å². The first-order valence-corrected chi connectivity index (χ1v) is 9.64. The molecule has 1 aromatic heterocycles. The van der Waals surface area contributed by atoms with Gasteiger partial charge in [-0.15, -0.1) is 0 Å². The number of amides is 1. The Balaban J connectivity index is 1.97. The van der Waals surface area contributed by atoms with E-state index in [1.165, 1.54) is 58.5 Å². The zero-order valence-corrected chi connectivity index (χ0v) is 17.3. The molecule has 1 aliphatic rings. The standard InChI is InChI=1S/C20H16AsFN4O2/c1-26-18(28)20(25-19(26)21,12-2-5-14(27)6-3-12)13-4-7-16(22)15(10-13)17-11-23-8-9-24-17/h2-11,27H,21H2,1H3. The first kappa shape index (κ1) is 18.3. The molecule has 0 saturated heterocycles. The molecule has 8 heteroatoms. The first-order chi connectivity index (χ1) is 13.4. The molecule has 0 bridgehead atoms. The molecular weight excluding hydrogens is 422 g/mol. The number of aromatic hydroxyl groups is 1. The number of amidine groups is 1. The van der Waals surface area contributed by atoms with E-state index in [0.717, 1.165) is 0 Å². The Morgan fingerprint density at radius 2 is 1.82 bits per heavy atom. The monoisotopic (exact) mass is 438 g/mol. The molecule has 0 saturated carbocycles. The molecule has 1 aliphatic heterocycles. The number of carbonyl (C=O) groups excluding carboxylic acids is 1. The van der Waals surface area contributed by atoms with Crippen molar-refractivity contribution >= 4 is 27.4 Å². The van der Waals surface area contributed by atoms with Crippen molar-refractivity contribution in [3.05, 3.63) is 78.0 Å². The van der Waals surface area contributed by atoms with E-state index in [1.807, 2.05) is 0 Å². The predicted molar refractivity (Wildman–Crippen MR) is 105 cm³/mol. The van der Waals surface area contributed by atoms with Gasteiger partial charge in [-0.05, 0) is 0 Å². The van der Waals surface area contributed by atoms with Gasteiger partial charge in [0.05, 0.1) is 0 Å². The average molecular weight is 438 g/mol. The Kier molecular flexibility index (Phi) is 4.47. The molecule has 2 aromatic carbocycles. The number of halogens is 1. The van der Waals surface area contributed by atoms with Crippen molar-refractivity contribution in [3.8, 4) is 17.0 Å². The summed E-state index contributed by atoms with van der Waals surface area (Å²) in [6.45, 7) is 0. The molecule has 0 fully saturated rings. The Bertz CT molecular complexity index is 1090. The second kappa shape index (κ2) is 6.84. The van der Waals surface area contributed by atoms with Crippen LogP contribution in [0.5, 0.6) is 5.75 Å². The normalized spacial score (nSPS) is 19.0. The van der Waals surface area contributed by atoms with Crippen molar-refractivity contribution in [2.45, 2.75) is 5.54 Å². The third-order valence-electron chi connectivity index (χ3n) is 4.75. The third kappa shape index (κ3) is 2.79. The minimum atomic E-state index is -1.35. The molecule has 4 rings (SSSR count). The number of hydrogen-bond acceptors (Lipinski definition) is 5. The predicted octanol–water partition coefficient (Wildman–Crippen LogP) is 1.69. The third-order valence-corrected chi connectivity index (χ3v) is 5.83. The van der Waals surface area contributed by atoms with Crippen LogP contribution in [0.25, 0.3) is 11.3 Å². The SMILES string of the molecule is CN1C(=O)C(c2ccc(O)cc2)(c2ccc(F)c(-c3cnccn3)c2)N=C1[AsH2]. The topological polar surface area (TPSA) is 78.7 Å². The zero-order chi connectivity index (χ0) is 19.9. The van der Waals surface area contributed by atoms with E-state index < -0.39 is 11.4 Å². The van der Waals surface area contributed by atoms with E-state index in [2.05, 4.69) is 9.97 Å². The maximum atomic E-state index is 14.5. The van der Waals surface area contributed by atoms with Gasteiger partial charge >= 0.3 is 169 Å². The van der Waals surface area contributed by atoms with E-state index in [1.54, 1.807) is 31.3 Å². The van der Waals surface area contributed by atoms with E-state index in [4.69, 9.17) is 4.99 Å². The molecule has 0 spiro atoms. The molecule has 0 aliphatic carbocycles. The van der Waals surface area contributed by atoms with E-state index >= 15 is 0 Å². The molecule has 3 aromatic rings. The fourth-order valence-electron chi connectivity index (χ4n) is 3.27. The number of nitrogens with zero attached hydrogens (tertiary/aromatic N) is 4. The molecule has 0 radical (unpaired) electrons. The van der Waals surface area contributed by atoms with Crippen LogP contribution < -0.4 is 0 Å². The number of benzene rings is 2. The summed E-state index contributed by atoms with van der Waals surface area (Å²) in [6.07, 6.45) is 4.46. The van der Waals surface area contributed by atoms with Crippen LogP contribution in [0.3, 0.4) is 0 Å². The van der Waals surface area contributed by atoms with E-state index in [9.17, 15) is 14.3 Å². The Labute approximate surface area is 169 Å². The van der Waals surface area contributed by atoms with Crippen molar-refractivity contribution in [1.29, 1.82) is 0 Å². The van der Waals surface area contributed by atoms with Crippen molar-refractivity contribution in [1.82, 2.24) is 14.9 Å². The fourth-order valence-corrected chi connectivity index (χ4v) is 3.92. The quantitative estimate of drug-likeness (QED) is 0.632. The van der Waals surface area contributed by atoms with Gasteiger partial charge in [0.15, 0.2) is 0 Å². The average Bonchev–Trinajstić information content (AvgIpc) is 2.94. The first-order valence-electron chi connectivity index (χ1n) is 8.43. The van der Waals surface area contributed by atoms with Gasteiger partial charge in [-0.1, -0.05) is 0 Å². The summed E-state index contributed by atoms with van der Waals surface area (Å²) in [5, 5.41) is 9.66. The van der Waals surface area contributed by atoms with Gasteiger partial charge in [-0.25, -0.2) is 0 Å². The number of rotatable bonds is 3. The summed E-state index contributed by atoms with van der Waals surface area (Å²) >= 11 is 1.22. The van der Waals surface area contributed by atoms with Crippen molar-refractivity contribution < 1.29 is 14.3 Å². The number of likely N-dealkylation sites (N-methyl/N-ethyl adjacent to an activating group) is 1. The number of phenolic OH excluding ortho intramolecular Hbond substituents is 1. The van der Waals surface area contributed by atoms with Gasteiger partial charge in [-0.2, -0.15) is 0 Å². The van der Waals surface area contributed by atoms with Crippen LogP contribution in [0, 0.1) is 5.82 Å². The molecular formula is C20H16AsFN4O2. The molecule has 140 valence electrons. The number of aromatic nitrogens is 2. The molecule has 2 atom stereocenters. The second-order valence-electron chi connectivity index (χ2n) is 6.38. The molecule has 28 heavy (non-hydrogen) atoms. The molecule has 2 heterocycles. The number of hydrogen-bond donors (Lipinski definition) is 1. The fraction of sp³-hybridized carbons (Fsp3) is 0.100. The van der Waals surface area contributed by atoms with Gasteiger partial charge in [0.25, 0.3) is 0 Å². The van der Waals surface area contributed by atoms with Crippen LogP contribution in [-0.2, 0) is 10.3 Å². The summed E-state index contributed by atoms with van der Waals surface area (Å²) in [6, 6.07) is 10.8. The van der Waals surface area contributed by atoms with Crippen LogP contribution in [0.4, 0.5) is 4.39 Å². The summed E-state index contributed by atoms with van der Waals surface area (Å²) in [7, 11) is 1.66. The van der Waals surface area contributed by atoms with Crippen molar-refractivity contribution in [3.63, 3.8) is 0 Å². The van der Waals surface area contributed by atoms with E-state index in [0.29, 0.717) is 21.4 Å². The van der Waals surface area contributed by atoms with Crippen LogP contribution in [0.1, 0.15) is 11.1 Å². The van der Waals surface area contributed by atoms with Gasteiger partial charge in [0, 0.05) is 0 Å². The van der Waals surface area contributed by atoms with Gasteiger partial charge in [0.1, 0.15) is 0 Å². The Morgan fingerprint density at radius 1 is 1.11 bits per heavy atom. The number of aliphatic imine (C=N–C) groups is 1. The van der Waals surface area contributed by atoms with Crippen LogP contribution in [0.2, 0.25) is 0 Å². The van der Waals surface area contributed by atoms with Crippen LogP contribution in [0.15, 0.2) is 66.0 Å². The maximum absolute atomic E-state index is 14.5. The van der Waals surface area contributed by atoms with Gasteiger partial charge < -0.3 is 0 Å². The van der Waals surface area contributed by atoms with Gasteiger partial charge in [-0.3, -0.25) is 0 Å². The number of carbonyl (C=O) groups is 1. The summed E-state index contributed by atoms with van der Waals surface area (Å²) < 4.78 is 15.2. The second-order valence-corrected chi connectivity index (χ2v) is 7.46. The number of phenols is 1. The van der Waals surface area contributed by atoms with Crippen molar-refractivity contribution in [2.24, 2.45) is 4.99 Å². The van der Waals surface area contributed by atoms with Gasteiger partial charge in [0.2, 0.25) is 0 Å². The summed E-state index contributed by atoms with van der Waals surface area (Å²) in [5.74, 6) is -0.620. The Hall–Kier alpha value is -3.05. The summed E-state index contributed by atoms with van der Waals surface area (Å²) in [5.41, 5.74) is 0.367. The zero-order valence-electron chi connectivity index (χ0n) is 14.9. The van der Waals surface area contributed by atoms with Crippen LogP contribution in [-0.4, -0.2) is 54.4 Å². The molecule has 2 unspecified atom stereocenters. The molecule has 1 N–H and O–H groups in total.